The quantitative estimate of drug-likeness (QED) is 0.223. The van der Waals surface area contributed by atoms with Gasteiger partial charge < -0.3 is 38.5 Å². The second kappa shape index (κ2) is 16.1. The molecule has 23 heteroatoms. The van der Waals surface area contributed by atoms with Crippen LogP contribution < -0.4 is 149 Å². The number of phosphoric ester groups is 1. The smallest absolute Gasteiger partial charge is 0.790 e. The van der Waals surface area contributed by atoms with Crippen LogP contribution in [-0.2, 0) is 31.6 Å². The molecule has 0 saturated carbocycles. The first-order chi connectivity index (χ1) is 12.7. The van der Waals surface area contributed by atoms with Crippen LogP contribution >= 0.6 is 23.5 Å². The number of phosphoric acid groups is 3. The molecular formula is C9H11N2Na4O14P3. The molecule has 1 aromatic rings. The minimum absolute atomic E-state index is 0. The largest absolute Gasteiger partial charge is 1.00 e. The van der Waals surface area contributed by atoms with Crippen molar-refractivity contribution < 1.29 is 174 Å². The van der Waals surface area contributed by atoms with Gasteiger partial charge in [-0.3, -0.25) is 27.8 Å². The molecule has 0 bridgehead atoms. The molecule has 32 heavy (non-hydrogen) atoms. The molecule has 1 fully saturated rings. The van der Waals surface area contributed by atoms with Gasteiger partial charge in [0.05, 0.1) is 20.5 Å². The molecule has 5 unspecified atom stereocenters. The molecule has 0 radical (unpaired) electrons. The summed E-state index contributed by atoms with van der Waals surface area (Å²) >= 11 is 0. The van der Waals surface area contributed by atoms with Crippen molar-refractivity contribution >= 4 is 23.5 Å². The van der Waals surface area contributed by atoms with E-state index in [0.29, 0.717) is 0 Å². The van der Waals surface area contributed by atoms with Gasteiger partial charge in [0.25, 0.3) is 21.2 Å². The van der Waals surface area contributed by atoms with E-state index >= 15 is 0 Å². The number of hydrogen-bond acceptors (Lipinski definition) is 14. The Balaban J connectivity index is -0.00000210. The SMILES string of the molecule is O=c1ccn(C2CC(O)C(COP(=O)([O-])OP(=O)([O-])OP(=O)([O-])[O-])O2)c(=O)[nH]1.[Na+].[Na+].[Na+].[Na+]. The normalized spacial score (nSPS) is 23.8. The van der Waals surface area contributed by atoms with Crippen LogP contribution in [0, 0.1) is 0 Å². The van der Waals surface area contributed by atoms with E-state index in [0.717, 1.165) is 16.8 Å². The van der Waals surface area contributed by atoms with Crippen LogP contribution in [0.2, 0.25) is 0 Å². The van der Waals surface area contributed by atoms with Crippen molar-refractivity contribution in [3.63, 3.8) is 0 Å². The maximum Gasteiger partial charge on any atom is 1.00 e. The Morgan fingerprint density at radius 1 is 1.06 bits per heavy atom. The zero-order valence-corrected chi connectivity index (χ0v) is 28.0. The Hall–Kier alpha value is 3.01. The number of aromatic nitrogens is 2. The van der Waals surface area contributed by atoms with Crippen molar-refractivity contribution in [3.8, 4) is 0 Å². The van der Waals surface area contributed by atoms with Gasteiger partial charge in [0, 0.05) is 18.7 Å². The van der Waals surface area contributed by atoms with Gasteiger partial charge in [0.1, 0.15) is 12.3 Å². The van der Waals surface area contributed by atoms with Crippen molar-refractivity contribution in [3.05, 3.63) is 33.1 Å². The van der Waals surface area contributed by atoms with Crippen LogP contribution in [0.4, 0.5) is 0 Å². The summed E-state index contributed by atoms with van der Waals surface area (Å²) in [6.07, 6.45) is -3.02. The van der Waals surface area contributed by atoms with Crippen molar-refractivity contribution in [2.24, 2.45) is 0 Å². The Morgan fingerprint density at radius 2 is 1.62 bits per heavy atom. The third-order valence-corrected chi connectivity index (χ3v) is 6.83. The molecule has 2 heterocycles. The third-order valence-electron chi connectivity index (χ3n) is 3.16. The Bertz CT molecular complexity index is 983. The van der Waals surface area contributed by atoms with Crippen molar-refractivity contribution in [2.45, 2.75) is 24.9 Å². The zero-order valence-electron chi connectivity index (χ0n) is 17.3. The molecule has 1 aromatic heterocycles. The number of aromatic amines is 1. The molecule has 1 saturated heterocycles. The number of aliphatic hydroxyl groups is 1. The monoisotopic (exact) mass is 556 g/mol. The summed E-state index contributed by atoms with van der Waals surface area (Å²) in [4.78, 5) is 67.6. The fourth-order valence-corrected chi connectivity index (χ4v) is 5.00. The molecule has 0 aliphatic carbocycles. The summed E-state index contributed by atoms with van der Waals surface area (Å²) in [5.41, 5.74) is -1.55. The van der Waals surface area contributed by atoms with E-state index in [1.165, 1.54) is 0 Å². The number of nitrogens with one attached hydrogen (secondary N) is 1. The molecule has 160 valence electrons. The summed E-state index contributed by atoms with van der Waals surface area (Å²) in [6.45, 7) is -0.997. The molecule has 1 aliphatic heterocycles. The number of ether oxygens (including phenoxy) is 1. The van der Waals surface area contributed by atoms with Crippen LogP contribution in [0.1, 0.15) is 12.6 Å². The Labute approximate surface area is 268 Å². The predicted molar refractivity (Wildman–Crippen MR) is 76.8 cm³/mol. The minimum Gasteiger partial charge on any atom is -0.790 e. The van der Waals surface area contributed by atoms with Gasteiger partial charge in [0.15, 0.2) is 0 Å². The number of aliphatic hydroxyl groups excluding tert-OH is 1. The van der Waals surface area contributed by atoms with Crippen LogP contribution in [-0.4, -0.2) is 33.5 Å². The van der Waals surface area contributed by atoms with Crippen LogP contribution in [0.15, 0.2) is 21.9 Å². The number of rotatable bonds is 8. The Morgan fingerprint density at radius 3 is 2.12 bits per heavy atom. The van der Waals surface area contributed by atoms with E-state index in [-0.39, 0.29) is 125 Å². The summed E-state index contributed by atoms with van der Waals surface area (Å²) < 4.78 is 49.4. The van der Waals surface area contributed by atoms with Crippen LogP contribution in [0.5, 0.6) is 0 Å². The van der Waals surface area contributed by atoms with Gasteiger partial charge >= 0.3 is 124 Å². The van der Waals surface area contributed by atoms with Gasteiger partial charge in [-0.15, -0.1) is 0 Å². The topological polar surface area (TPSA) is 255 Å². The fourth-order valence-electron chi connectivity index (χ4n) is 2.14. The van der Waals surface area contributed by atoms with E-state index in [1.807, 2.05) is 4.98 Å². The first-order valence-corrected chi connectivity index (χ1v) is 11.4. The maximum absolute atomic E-state index is 11.7. The van der Waals surface area contributed by atoms with Gasteiger partial charge in [-0.1, -0.05) is 0 Å². The molecule has 16 nitrogen and oxygen atoms in total. The number of hydrogen-bond donors (Lipinski definition) is 2. The Kier molecular flexibility index (Phi) is 19.9. The van der Waals surface area contributed by atoms with Crippen LogP contribution in [0.25, 0.3) is 0 Å². The molecule has 2 rings (SSSR count). The van der Waals surface area contributed by atoms with Crippen molar-refractivity contribution in [1.29, 1.82) is 0 Å². The fraction of sp³-hybridized carbons (Fsp3) is 0.556. The average molecular weight is 556 g/mol. The molecule has 5 atom stereocenters. The average Bonchev–Trinajstić information content (AvgIpc) is 2.82. The van der Waals surface area contributed by atoms with Crippen molar-refractivity contribution in [1.82, 2.24) is 9.55 Å². The first-order valence-electron chi connectivity index (χ1n) is 7.04. The number of H-pyrrole nitrogens is 1. The van der Waals surface area contributed by atoms with Gasteiger partial charge in [0.2, 0.25) is 0 Å². The molecule has 0 amide bonds. The molecular weight excluding hydrogens is 545 g/mol. The second-order valence-electron chi connectivity index (χ2n) is 5.25. The van der Waals surface area contributed by atoms with E-state index < -0.39 is 59.8 Å². The van der Waals surface area contributed by atoms with Crippen molar-refractivity contribution in [2.75, 3.05) is 6.61 Å². The predicted octanol–water partition coefficient (Wildman–Crippen LogP) is -16.0. The minimum atomic E-state index is -6.11. The summed E-state index contributed by atoms with van der Waals surface area (Å²) in [7, 11) is -18.0. The molecule has 0 aromatic carbocycles. The van der Waals surface area contributed by atoms with Gasteiger partial charge in [-0.05, 0) is 0 Å². The third kappa shape index (κ3) is 13.5. The van der Waals surface area contributed by atoms with Crippen LogP contribution in [0.3, 0.4) is 0 Å². The maximum atomic E-state index is 11.7. The van der Waals surface area contributed by atoms with E-state index in [1.54, 1.807) is 0 Å². The van der Waals surface area contributed by atoms with E-state index in [9.17, 15) is 48.0 Å². The van der Waals surface area contributed by atoms with Gasteiger partial charge in [-0.2, -0.15) is 0 Å². The van der Waals surface area contributed by atoms with E-state index in [4.69, 9.17) is 4.74 Å². The zero-order chi connectivity index (χ0) is 21.3. The first kappa shape index (κ1) is 39.5. The molecule has 0 spiro atoms. The second-order valence-corrected chi connectivity index (χ2v) is 9.50. The standard InChI is InChI=1S/C9H15N2O14P3.4Na/c12-5-3-8(11-2-1-7(13)10-9(11)14)23-6(5)4-22-27(18,19)25-28(20,21)24-26(15,16)17;;;;/h1-2,5-6,8,12H,3-4H2,(H,18,19)(H,20,21)(H,10,13,14)(H2,15,16,17);;;;/q;4*+1/p-4. The molecule has 1 aliphatic rings. The summed E-state index contributed by atoms with van der Waals surface area (Å²) in [6, 6.07) is 0.997. The molecule has 2 N–H and O–H groups in total. The summed E-state index contributed by atoms with van der Waals surface area (Å²) in [5.74, 6) is 0. The number of nitrogens with zero attached hydrogens (tertiary/aromatic N) is 1. The van der Waals surface area contributed by atoms with Gasteiger partial charge in [-0.25, -0.2) is 9.11 Å². The van der Waals surface area contributed by atoms with E-state index in [2.05, 4.69) is 13.1 Å². The summed E-state index contributed by atoms with van der Waals surface area (Å²) in [5, 5.41) is 9.86.